The van der Waals surface area contributed by atoms with E-state index in [1.807, 2.05) is 73.7 Å². The number of ether oxygens (including phenoxy) is 2. The number of hydrogen-bond acceptors (Lipinski definition) is 5. The van der Waals surface area contributed by atoms with Gasteiger partial charge >= 0.3 is 0 Å². The van der Waals surface area contributed by atoms with Gasteiger partial charge in [-0.05, 0) is 49.6 Å². The van der Waals surface area contributed by atoms with Gasteiger partial charge in [0.15, 0.2) is 0 Å². The van der Waals surface area contributed by atoms with E-state index in [4.69, 9.17) is 21.1 Å². The third-order valence-corrected chi connectivity index (χ3v) is 7.37. The summed E-state index contributed by atoms with van der Waals surface area (Å²) in [6, 6.07) is 23.0. The summed E-state index contributed by atoms with van der Waals surface area (Å²) in [5.41, 5.74) is 2.32. The van der Waals surface area contributed by atoms with Gasteiger partial charge in [0.05, 0.1) is 18.7 Å². The minimum atomic E-state index is -0.182. The monoisotopic (exact) mass is 589 g/mol. The van der Waals surface area contributed by atoms with Crippen molar-refractivity contribution >= 4 is 23.4 Å². The Morgan fingerprint density at radius 2 is 1.79 bits per heavy atom. The Balaban J connectivity index is 1.62. The van der Waals surface area contributed by atoms with E-state index in [1.165, 1.54) is 0 Å². The van der Waals surface area contributed by atoms with Crippen LogP contribution in [0.3, 0.4) is 0 Å². The zero-order valence-electron chi connectivity index (χ0n) is 24.4. The van der Waals surface area contributed by atoms with Gasteiger partial charge in [-0.1, -0.05) is 79.2 Å². The number of rotatable bonds is 6. The van der Waals surface area contributed by atoms with E-state index >= 15 is 0 Å². The summed E-state index contributed by atoms with van der Waals surface area (Å²) in [7, 11) is 0. The molecule has 0 aliphatic carbocycles. The number of carbonyl (C=O) groups is 2. The molecule has 0 aromatic heterocycles. The van der Waals surface area contributed by atoms with Gasteiger partial charge in [0.1, 0.15) is 18.1 Å². The molecule has 42 heavy (non-hydrogen) atoms. The van der Waals surface area contributed by atoms with Crippen molar-refractivity contribution in [3.8, 4) is 11.5 Å². The number of hydrogen-bond donors (Lipinski definition) is 1. The molecule has 1 N–H and O–H groups in total. The fourth-order valence-corrected chi connectivity index (χ4v) is 4.88. The maximum Gasteiger partial charge on any atom is 0.258 e. The summed E-state index contributed by atoms with van der Waals surface area (Å²) in [4.78, 5) is 30.6. The first-order chi connectivity index (χ1) is 20.4. The number of benzene rings is 3. The van der Waals surface area contributed by atoms with Crippen molar-refractivity contribution in [2.75, 3.05) is 32.8 Å². The van der Waals surface area contributed by atoms with Gasteiger partial charge in [0.25, 0.3) is 5.91 Å². The number of fused-ring (bicyclic) bond motifs is 2. The summed E-state index contributed by atoms with van der Waals surface area (Å²) < 4.78 is 12.3. The third-order valence-electron chi connectivity index (χ3n) is 7.14. The summed E-state index contributed by atoms with van der Waals surface area (Å²) in [5, 5.41) is 3.51. The highest BCUT2D eigenvalue weighted by molar-refractivity contribution is 6.31. The lowest BCUT2D eigenvalue weighted by atomic mass is 10.1. The fourth-order valence-electron chi connectivity index (χ4n) is 4.71. The lowest BCUT2D eigenvalue weighted by molar-refractivity contribution is -0.122. The van der Waals surface area contributed by atoms with Crippen LogP contribution in [0.15, 0.2) is 84.9 Å². The van der Waals surface area contributed by atoms with Gasteiger partial charge in [-0.25, -0.2) is 0 Å². The molecule has 1 atom stereocenters. The van der Waals surface area contributed by atoms with E-state index < -0.39 is 0 Å². The second-order valence-electron chi connectivity index (χ2n) is 10.5. The first-order valence-corrected chi connectivity index (χ1v) is 14.9. The lowest BCUT2D eigenvalue weighted by Crippen LogP contribution is -2.41. The molecule has 1 aliphatic rings. The number of nitrogens with one attached hydrogen (secondary N) is 1. The van der Waals surface area contributed by atoms with Crippen LogP contribution >= 0.6 is 11.6 Å². The summed E-state index contributed by atoms with van der Waals surface area (Å²) in [5.74, 6) is 1.01. The third kappa shape index (κ3) is 9.36. The Kier molecular flexibility index (Phi) is 11.9. The first-order valence-electron chi connectivity index (χ1n) is 14.6. The Morgan fingerprint density at radius 3 is 2.60 bits per heavy atom. The zero-order chi connectivity index (χ0) is 29.7. The van der Waals surface area contributed by atoms with Crippen LogP contribution in [0.1, 0.15) is 48.2 Å². The molecule has 0 saturated carbocycles. The number of para-hydroxylation sites is 1. The van der Waals surface area contributed by atoms with E-state index in [1.54, 1.807) is 23.1 Å². The molecule has 3 aromatic rings. The van der Waals surface area contributed by atoms with Crippen LogP contribution in [-0.2, 0) is 17.9 Å². The Hall–Kier alpha value is -3.81. The Morgan fingerprint density at radius 1 is 1.00 bits per heavy atom. The van der Waals surface area contributed by atoms with E-state index in [0.717, 1.165) is 17.5 Å². The molecule has 2 amide bonds. The first kappa shape index (κ1) is 31.1. The van der Waals surface area contributed by atoms with Crippen molar-refractivity contribution in [1.29, 1.82) is 0 Å². The molecule has 222 valence electrons. The highest BCUT2D eigenvalue weighted by Crippen LogP contribution is 2.28. The van der Waals surface area contributed by atoms with Crippen molar-refractivity contribution in [2.24, 2.45) is 0 Å². The quantitative estimate of drug-likeness (QED) is 0.351. The van der Waals surface area contributed by atoms with Crippen molar-refractivity contribution < 1.29 is 19.1 Å². The summed E-state index contributed by atoms with van der Waals surface area (Å²) >= 11 is 6.38. The average molecular weight is 590 g/mol. The second-order valence-corrected chi connectivity index (χ2v) is 10.9. The molecule has 0 radical (unpaired) electrons. The molecule has 0 saturated heterocycles. The second kappa shape index (κ2) is 16.0. The molecular weight excluding hydrogens is 550 g/mol. The molecule has 1 unspecified atom stereocenters. The van der Waals surface area contributed by atoms with Crippen LogP contribution in [0.2, 0.25) is 5.02 Å². The van der Waals surface area contributed by atoms with Crippen molar-refractivity contribution in [2.45, 2.75) is 45.8 Å². The van der Waals surface area contributed by atoms with Gasteiger partial charge in [0.2, 0.25) is 5.91 Å². The maximum absolute atomic E-state index is 14.1. The number of halogens is 1. The van der Waals surface area contributed by atoms with Crippen LogP contribution < -0.4 is 14.8 Å². The summed E-state index contributed by atoms with van der Waals surface area (Å²) in [6.45, 7) is 7.12. The lowest BCUT2D eigenvalue weighted by Gasteiger charge is -2.25. The van der Waals surface area contributed by atoms with Gasteiger partial charge < -0.3 is 19.7 Å². The normalized spacial score (nSPS) is 16.6. The van der Waals surface area contributed by atoms with Crippen molar-refractivity contribution in [1.82, 2.24) is 15.1 Å². The maximum atomic E-state index is 14.1. The standard InChI is InChI=1S/C34H40ClN3O4/c1-3-26(2)36-33(39)25-37-18-9-10-20-41-31-15-8-7-14-28(31)24-38(23-27-12-5-4-6-13-27)34(40)30-22-29(35)16-17-32(30)42-21-11-19-37/h4-10,12-17,22,26H,3,11,18-21,23-25H2,1-2H3,(H,36,39)/b10-9+. The van der Waals surface area contributed by atoms with Crippen LogP contribution in [0.5, 0.6) is 11.5 Å². The molecular formula is C34H40ClN3O4. The molecule has 8 heteroatoms. The predicted molar refractivity (Wildman–Crippen MR) is 167 cm³/mol. The molecule has 1 aliphatic heterocycles. The molecule has 3 aromatic carbocycles. The van der Waals surface area contributed by atoms with Crippen molar-refractivity contribution in [3.63, 3.8) is 0 Å². The van der Waals surface area contributed by atoms with Gasteiger partial charge in [-0.15, -0.1) is 0 Å². The fraction of sp³-hybridized carbons (Fsp3) is 0.353. The van der Waals surface area contributed by atoms with Crippen LogP contribution in [0.4, 0.5) is 0 Å². The van der Waals surface area contributed by atoms with E-state index in [-0.39, 0.29) is 24.4 Å². The highest BCUT2D eigenvalue weighted by atomic mass is 35.5. The SMILES string of the molecule is CCC(C)NC(=O)CN1C/C=C/COc2ccccc2CN(Cc2ccccc2)C(=O)c2cc(Cl)ccc2OCCC1. The molecule has 4 rings (SSSR count). The minimum absolute atomic E-state index is 0.00108. The molecule has 1 heterocycles. The minimum Gasteiger partial charge on any atom is -0.493 e. The van der Waals surface area contributed by atoms with E-state index in [9.17, 15) is 9.59 Å². The van der Waals surface area contributed by atoms with Crippen molar-refractivity contribution in [3.05, 3.63) is 107 Å². The molecule has 0 spiro atoms. The van der Waals surface area contributed by atoms with E-state index in [2.05, 4.69) is 17.1 Å². The van der Waals surface area contributed by atoms with E-state index in [0.29, 0.717) is 67.9 Å². The predicted octanol–water partition coefficient (Wildman–Crippen LogP) is 6.12. The Labute approximate surface area is 254 Å². The largest absolute Gasteiger partial charge is 0.493 e. The smallest absolute Gasteiger partial charge is 0.258 e. The van der Waals surface area contributed by atoms with Gasteiger partial charge in [-0.3, -0.25) is 14.5 Å². The van der Waals surface area contributed by atoms with Gasteiger partial charge in [0, 0.05) is 42.8 Å². The van der Waals surface area contributed by atoms with Crippen LogP contribution in [0, 0.1) is 0 Å². The molecule has 7 nitrogen and oxygen atoms in total. The summed E-state index contributed by atoms with van der Waals surface area (Å²) in [6.07, 6.45) is 5.55. The Bertz CT molecular complexity index is 1350. The van der Waals surface area contributed by atoms with Gasteiger partial charge in [-0.2, -0.15) is 0 Å². The number of carbonyl (C=O) groups excluding carboxylic acids is 2. The average Bonchev–Trinajstić information content (AvgIpc) is 2.99. The van der Waals surface area contributed by atoms with Crippen LogP contribution in [0.25, 0.3) is 0 Å². The topological polar surface area (TPSA) is 71.1 Å². The number of amides is 2. The van der Waals surface area contributed by atoms with Crippen LogP contribution in [-0.4, -0.2) is 60.5 Å². The number of nitrogens with zero attached hydrogens (tertiary/aromatic N) is 2. The molecule has 0 fully saturated rings. The molecule has 0 bridgehead atoms. The zero-order valence-corrected chi connectivity index (χ0v) is 25.2. The highest BCUT2D eigenvalue weighted by Gasteiger charge is 2.23.